The molecule has 124 valence electrons. The molecule has 2 heterocycles. The molecule has 0 unspecified atom stereocenters. The van der Waals surface area contributed by atoms with Crippen LogP contribution < -0.4 is 5.32 Å². The first-order chi connectivity index (χ1) is 12.2. The lowest BCUT2D eigenvalue weighted by Gasteiger charge is -2.10. The van der Waals surface area contributed by atoms with E-state index in [1.165, 1.54) is 5.56 Å². The van der Waals surface area contributed by atoms with Crippen LogP contribution in [0.1, 0.15) is 11.1 Å². The number of aryl methyl sites for hydroxylation is 1. The molecule has 2 aromatic heterocycles. The van der Waals surface area contributed by atoms with Gasteiger partial charge in [-0.3, -0.25) is 4.40 Å². The summed E-state index contributed by atoms with van der Waals surface area (Å²) in [4.78, 5) is 4.76. The van der Waals surface area contributed by atoms with Gasteiger partial charge in [-0.2, -0.15) is 0 Å². The lowest BCUT2D eigenvalue weighted by Crippen LogP contribution is -2.03. The van der Waals surface area contributed by atoms with Gasteiger partial charge in [-0.05, 0) is 42.3 Å². The predicted molar refractivity (Wildman–Crippen MR) is 101 cm³/mol. The molecule has 0 fully saturated rings. The number of benzene rings is 2. The van der Waals surface area contributed by atoms with E-state index < -0.39 is 0 Å². The van der Waals surface area contributed by atoms with E-state index in [0.29, 0.717) is 6.54 Å². The molecule has 4 heteroatoms. The molecule has 0 bridgehead atoms. The number of rotatable bonds is 4. The monoisotopic (exact) mass is 329 g/mol. The zero-order valence-electron chi connectivity index (χ0n) is 14.0. The van der Waals surface area contributed by atoms with Gasteiger partial charge in [0.05, 0.1) is 0 Å². The van der Waals surface area contributed by atoms with Crippen LogP contribution in [0, 0.1) is 6.92 Å². The van der Waals surface area contributed by atoms with Crippen LogP contribution in [0.4, 0.5) is 5.82 Å². The van der Waals surface area contributed by atoms with Crippen molar-refractivity contribution in [3.63, 3.8) is 0 Å². The molecular weight excluding hydrogens is 310 g/mol. The number of anilines is 1. The molecule has 0 aliphatic heterocycles. The molecule has 0 aliphatic rings. The van der Waals surface area contributed by atoms with Crippen LogP contribution >= 0.6 is 0 Å². The largest absolute Gasteiger partial charge is 0.507 e. The molecule has 25 heavy (non-hydrogen) atoms. The standard InChI is InChI=1S/C21H19N3O/c1-15-11-12-24-19(13-15)23-20(17-9-5-6-10-18(17)25)21(24)22-14-16-7-3-2-4-8-16/h2-13,22,25H,14H2,1H3. The summed E-state index contributed by atoms with van der Waals surface area (Å²) in [7, 11) is 0. The number of imidazole rings is 1. The lowest BCUT2D eigenvalue weighted by atomic mass is 10.1. The average Bonchev–Trinajstić information content (AvgIpc) is 2.98. The highest BCUT2D eigenvalue weighted by molar-refractivity contribution is 5.80. The van der Waals surface area contributed by atoms with Gasteiger partial charge in [-0.15, -0.1) is 0 Å². The van der Waals surface area contributed by atoms with Gasteiger partial charge in [-0.1, -0.05) is 42.5 Å². The summed E-state index contributed by atoms with van der Waals surface area (Å²) in [6.07, 6.45) is 2.01. The van der Waals surface area contributed by atoms with Crippen LogP contribution in [-0.2, 0) is 6.54 Å². The first-order valence-electron chi connectivity index (χ1n) is 8.27. The zero-order chi connectivity index (χ0) is 17.2. The van der Waals surface area contributed by atoms with Crippen LogP contribution in [-0.4, -0.2) is 14.5 Å². The van der Waals surface area contributed by atoms with Gasteiger partial charge in [0.15, 0.2) is 0 Å². The third-order valence-electron chi connectivity index (χ3n) is 4.24. The number of hydrogen-bond acceptors (Lipinski definition) is 3. The Morgan fingerprint density at radius 3 is 2.56 bits per heavy atom. The molecule has 0 radical (unpaired) electrons. The third kappa shape index (κ3) is 2.94. The highest BCUT2D eigenvalue weighted by Crippen LogP contribution is 2.34. The Hall–Kier alpha value is -3.27. The Labute approximate surface area is 146 Å². The smallest absolute Gasteiger partial charge is 0.139 e. The fraction of sp³-hybridized carbons (Fsp3) is 0.0952. The molecule has 4 nitrogen and oxygen atoms in total. The first-order valence-corrected chi connectivity index (χ1v) is 8.27. The van der Waals surface area contributed by atoms with Gasteiger partial charge in [0.25, 0.3) is 0 Å². The van der Waals surface area contributed by atoms with Crippen molar-refractivity contribution in [3.05, 3.63) is 84.1 Å². The number of phenolic OH excluding ortho intramolecular Hbond substituents is 1. The van der Waals surface area contributed by atoms with E-state index in [4.69, 9.17) is 4.98 Å². The molecule has 0 amide bonds. The average molecular weight is 329 g/mol. The minimum Gasteiger partial charge on any atom is -0.507 e. The second-order valence-electron chi connectivity index (χ2n) is 6.10. The summed E-state index contributed by atoms with van der Waals surface area (Å²) in [5, 5.41) is 13.8. The Morgan fingerprint density at radius 2 is 1.76 bits per heavy atom. The summed E-state index contributed by atoms with van der Waals surface area (Å²) < 4.78 is 2.03. The van der Waals surface area contributed by atoms with E-state index in [9.17, 15) is 5.11 Å². The van der Waals surface area contributed by atoms with Crippen LogP contribution in [0.25, 0.3) is 16.9 Å². The fourth-order valence-corrected chi connectivity index (χ4v) is 2.96. The van der Waals surface area contributed by atoms with Crippen molar-refractivity contribution in [2.75, 3.05) is 5.32 Å². The highest BCUT2D eigenvalue weighted by atomic mass is 16.3. The molecule has 2 aromatic carbocycles. The van der Waals surface area contributed by atoms with Crippen LogP contribution in [0.5, 0.6) is 5.75 Å². The number of phenols is 1. The maximum absolute atomic E-state index is 10.3. The summed E-state index contributed by atoms with van der Waals surface area (Å²) in [5.74, 6) is 1.10. The Bertz CT molecular complexity index is 1020. The van der Waals surface area contributed by atoms with E-state index in [0.717, 1.165) is 28.3 Å². The molecule has 4 rings (SSSR count). The molecule has 0 spiro atoms. The van der Waals surface area contributed by atoms with Crippen molar-refractivity contribution in [2.24, 2.45) is 0 Å². The predicted octanol–water partition coefficient (Wildman–Crippen LogP) is 4.63. The Balaban J connectivity index is 1.82. The molecule has 0 aliphatic carbocycles. The maximum Gasteiger partial charge on any atom is 0.139 e. The lowest BCUT2D eigenvalue weighted by molar-refractivity contribution is 0.477. The van der Waals surface area contributed by atoms with E-state index in [-0.39, 0.29) is 5.75 Å². The first kappa shape index (κ1) is 15.3. The molecule has 2 N–H and O–H groups in total. The number of pyridine rings is 1. The van der Waals surface area contributed by atoms with Gasteiger partial charge >= 0.3 is 0 Å². The normalized spacial score (nSPS) is 10.9. The Kier molecular flexibility index (Phi) is 3.86. The minimum atomic E-state index is 0.227. The summed E-state index contributed by atoms with van der Waals surface area (Å²) >= 11 is 0. The number of aromatic nitrogens is 2. The van der Waals surface area contributed by atoms with Crippen molar-refractivity contribution >= 4 is 11.5 Å². The van der Waals surface area contributed by atoms with E-state index in [2.05, 4.69) is 23.5 Å². The fourth-order valence-electron chi connectivity index (χ4n) is 2.96. The number of hydrogen-bond donors (Lipinski definition) is 2. The molecule has 0 atom stereocenters. The van der Waals surface area contributed by atoms with Crippen molar-refractivity contribution in [1.29, 1.82) is 0 Å². The van der Waals surface area contributed by atoms with E-state index >= 15 is 0 Å². The van der Waals surface area contributed by atoms with Crippen molar-refractivity contribution in [3.8, 4) is 17.0 Å². The highest BCUT2D eigenvalue weighted by Gasteiger charge is 2.16. The van der Waals surface area contributed by atoms with Crippen molar-refractivity contribution in [2.45, 2.75) is 13.5 Å². The Morgan fingerprint density at radius 1 is 1.00 bits per heavy atom. The summed E-state index contributed by atoms with van der Waals surface area (Å²) in [5.41, 5.74) is 4.66. The van der Waals surface area contributed by atoms with Gasteiger partial charge in [0, 0.05) is 18.3 Å². The number of fused-ring (bicyclic) bond motifs is 1. The van der Waals surface area contributed by atoms with Crippen molar-refractivity contribution in [1.82, 2.24) is 9.38 Å². The van der Waals surface area contributed by atoms with Crippen molar-refractivity contribution < 1.29 is 5.11 Å². The summed E-state index contributed by atoms with van der Waals surface area (Å²) in [6, 6.07) is 21.6. The van der Waals surface area contributed by atoms with Crippen LogP contribution in [0.15, 0.2) is 72.9 Å². The molecular formula is C21H19N3O. The maximum atomic E-state index is 10.3. The second-order valence-corrected chi connectivity index (χ2v) is 6.10. The van der Waals surface area contributed by atoms with Gasteiger partial charge in [0.2, 0.25) is 0 Å². The molecule has 0 saturated heterocycles. The second kappa shape index (κ2) is 6.32. The number of aromatic hydroxyl groups is 1. The quantitative estimate of drug-likeness (QED) is 0.574. The van der Waals surface area contributed by atoms with E-state index in [1.807, 2.05) is 60.0 Å². The number of nitrogens with one attached hydrogen (secondary N) is 1. The topological polar surface area (TPSA) is 49.6 Å². The van der Waals surface area contributed by atoms with Gasteiger partial charge < -0.3 is 10.4 Å². The number of nitrogens with zero attached hydrogens (tertiary/aromatic N) is 2. The minimum absolute atomic E-state index is 0.227. The summed E-state index contributed by atoms with van der Waals surface area (Å²) in [6.45, 7) is 2.73. The zero-order valence-corrected chi connectivity index (χ0v) is 14.0. The SMILES string of the molecule is Cc1ccn2c(NCc3ccccc3)c(-c3ccccc3O)nc2c1. The van der Waals surface area contributed by atoms with Gasteiger partial charge in [-0.25, -0.2) is 4.98 Å². The third-order valence-corrected chi connectivity index (χ3v) is 4.24. The molecule has 0 saturated carbocycles. The van der Waals surface area contributed by atoms with Gasteiger partial charge in [0.1, 0.15) is 22.9 Å². The molecule has 4 aromatic rings. The number of para-hydroxylation sites is 1. The van der Waals surface area contributed by atoms with Crippen LogP contribution in [0.3, 0.4) is 0 Å². The van der Waals surface area contributed by atoms with Crippen LogP contribution in [0.2, 0.25) is 0 Å². The van der Waals surface area contributed by atoms with E-state index in [1.54, 1.807) is 6.07 Å².